The van der Waals surface area contributed by atoms with Crippen LogP contribution in [0.1, 0.15) is 76.1 Å². The van der Waals surface area contributed by atoms with Crippen molar-refractivity contribution in [2.24, 2.45) is 0 Å². The summed E-state index contributed by atoms with van der Waals surface area (Å²) in [5, 5.41) is 6.43. The maximum Gasteiger partial charge on any atom is 0.410 e. The van der Waals surface area contributed by atoms with E-state index in [-0.39, 0.29) is 30.5 Å². The molecule has 2 aliphatic rings. The van der Waals surface area contributed by atoms with Gasteiger partial charge in [0.2, 0.25) is 11.8 Å². The zero-order chi connectivity index (χ0) is 37.0. The van der Waals surface area contributed by atoms with Crippen LogP contribution in [-0.4, -0.2) is 60.1 Å². The van der Waals surface area contributed by atoms with Crippen LogP contribution in [0.15, 0.2) is 97.1 Å². The highest BCUT2D eigenvalue weighted by atomic mass is 16.6. The van der Waals surface area contributed by atoms with Gasteiger partial charge in [0.25, 0.3) is 0 Å². The van der Waals surface area contributed by atoms with Crippen molar-refractivity contribution in [1.29, 1.82) is 0 Å². The minimum atomic E-state index is -0.788. The van der Waals surface area contributed by atoms with E-state index >= 15 is 0 Å². The summed E-state index contributed by atoms with van der Waals surface area (Å²) < 4.78 is 11.3. The third-order valence-corrected chi connectivity index (χ3v) is 9.34. The maximum atomic E-state index is 13.5. The Balaban J connectivity index is 1.11. The molecule has 1 aliphatic heterocycles. The van der Waals surface area contributed by atoms with E-state index in [1.54, 1.807) is 32.9 Å². The lowest BCUT2D eigenvalue weighted by Gasteiger charge is -2.40. The molecule has 0 saturated heterocycles. The molecule has 1 heterocycles. The number of anilines is 3. The van der Waals surface area contributed by atoms with Crippen LogP contribution in [0.3, 0.4) is 0 Å². The Bertz CT molecular complexity index is 1910. The van der Waals surface area contributed by atoms with Gasteiger partial charge in [0, 0.05) is 35.4 Å². The summed E-state index contributed by atoms with van der Waals surface area (Å²) >= 11 is 0. The molecule has 0 fully saturated rings. The van der Waals surface area contributed by atoms with E-state index in [1.165, 1.54) is 0 Å². The molecule has 0 radical (unpaired) electrons. The molecule has 3 amide bonds. The van der Waals surface area contributed by atoms with Gasteiger partial charge in [0.15, 0.2) is 0 Å². The van der Waals surface area contributed by atoms with Gasteiger partial charge >= 0.3 is 12.1 Å². The highest BCUT2D eigenvalue weighted by Crippen LogP contribution is 2.44. The van der Waals surface area contributed by atoms with Crippen molar-refractivity contribution in [2.75, 3.05) is 35.2 Å². The van der Waals surface area contributed by atoms with Crippen LogP contribution in [-0.2, 0) is 23.9 Å². The Kier molecular flexibility index (Phi) is 10.6. The maximum absolute atomic E-state index is 13.5. The molecule has 0 spiro atoms. The van der Waals surface area contributed by atoms with Crippen LogP contribution in [0.4, 0.5) is 21.9 Å². The summed E-state index contributed by atoms with van der Waals surface area (Å²) in [4.78, 5) is 55.4. The number of hydrogen-bond donors (Lipinski definition) is 2. The molecular formula is C42H46N4O6. The summed E-state index contributed by atoms with van der Waals surface area (Å²) in [7, 11) is 0. The van der Waals surface area contributed by atoms with Crippen LogP contribution in [0.5, 0.6) is 0 Å². The molecule has 4 aromatic carbocycles. The number of nitrogens with zero attached hydrogens (tertiary/aromatic N) is 2. The first-order valence-electron chi connectivity index (χ1n) is 17.8. The van der Waals surface area contributed by atoms with E-state index in [0.717, 1.165) is 50.5 Å². The van der Waals surface area contributed by atoms with Crippen LogP contribution in [0, 0.1) is 0 Å². The number of esters is 1. The average molecular weight is 703 g/mol. The van der Waals surface area contributed by atoms with Crippen LogP contribution in [0.2, 0.25) is 0 Å². The molecule has 1 aliphatic carbocycles. The SMILES string of the molecule is CCC(=O)N1c2ccccc2[C@H](Nc2ccc(NC(=O)CN(CC(=O)OC(C)(C)C)C(=O)OCC3c4ccccc4-c4ccccc43)cc2)C[C@@H]1C. The fourth-order valence-corrected chi connectivity index (χ4v) is 7.12. The molecule has 6 rings (SSSR count). The molecule has 0 aromatic heterocycles. The number of benzene rings is 4. The van der Waals surface area contributed by atoms with E-state index in [1.807, 2.05) is 84.6 Å². The minimum Gasteiger partial charge on any atom is -0.459 e. The topological polar surface area (TPSA) is 117 Å². The number of nitrogens with one attached hydrogen (secondary N) is 2. The van der Waals surface area contributed by atoms with E-state index in [4.69, 9.17) is 9.47 Å². The number of amides is 3. The van der Waals surface area contributed by atoms with Crippen LogP contribution < -0.4 is 15.5 Å². The van der Waals surface area contributed by atoms with Gasteiger partial charge in [0.05, 0.1) is 6.04 Å². The van der Waals surface area contributed by atoms with Crippen molar-refractivity contribution < 1.29 is 28.7 Å². The number of para-hydroxylation sites is 1. The molecule has 4 aromatic rings. The smallest absolute Gasteiger partial charge is 0.410 e. The number of carbonyl (C=O) groups excluding carboxylic acids is 4. The van der Waals surface area contributed by atoms with Crippen molar-refractivity contribution >= 4 is 40.9 Å². The molecule has 0 bridgehead atoms. The quantitative estimate of drug-likeness (QED) is 0.161. The van der Waals surface area contributed by atoms with Gasteiger partial charge < -0.3 is 25.0 Å². The highest BCUT2D eigenvalue weighted by Gasteiger charge is 2.34. The summed E-state index contributed by atoms with van der Waals surface area (Å²) in [6, 6.07) is 31.3. The van der Waals surface area contributed by atoms with Crippen molar-refractivity contribution in [3.8, 4) is 11.1 Å². The lowest BCUT2D eigenvalue weighted by atomic mass is 9.91. The summed E-state index contributed by atoms with van der Waals surface area (Å²) in [6.07, 6.45) is 0.391. The largest absolute Gasteiger partial charge is 0.459 e. The summed E-state index contributed by atoms with van der Waals surface area (Å²) in [5.74, 6) is -1.22. The fraction of sp³-hybridized carbons (Fsp3) is 0.333. The fourth-order valence-electron chi connectivity index (χ4n) is 7.12. The van der Waals surface area contributed by atoms with Gasteiger partial charge in [-0.05, 0) is 92.3 Å². The molecule has 10 nitrogen and oxygen atoms in total. The first kappa shape index (κ1) is 36.2. The normalized spacial score (nSPS) is 16.2. The van der Waals surface area contributed by atoms with E-state index in [9.17, 15) is 19.2 Å². The Morgan fingerprint density at radius 2 is 1.37 bits per heavy atom. The van der Waals surface area contributed by atoms with Gasteiger partial charge in [-0.15, -0.1) is 0 Å². The standard InChI is InChI=1S/C42H46N4O6/c1-6-39(48)46-27(2)23-36(34-17-11-12-18-37(34)46)43-28-19-21-29(22-20-28)44-38(47)24-45(25-40(49)52-42(3,4)5)41(50)51-26-35-32-15-9-7-13-30(32)31-14-8-10-16-33(31)35/h7-22,27,35-36,43H,6,23-26H2,1-5H3,(H,44,47)/t27-,36+/m0/s1. The third kappa shape index (κ3) is 8.12. The van der Waals surface area contributed by atoms with Crippen molar-refractivity contribution in [2.45, 2.75) is 71.1 Å². The Morgan fingerprint density at radius 3 is 1.98 bits per heavy atom. The average Bonchev–Trinajstić information content (AvgIpc) is 3.43. The number of ether oxygens (including phenoxy) is 2. The Labute approximate surface area is 305 Å². The molecule has 0 saturated carbocycles. The molecule has 52 heavy (non-hydrogen) atoms. The second kappa shape index (κ2) is 15.3. The van der Waals surface area contributed by atoms with E-state index in [0.29, 0.717) is 12.1 Å². The van der Waals surface area contributed by atoms with Crippen molar-refractivity contribution in [1.82, 2.24) is 4.90 Å². The van der Waals surface area contributed by atoms with E-state index in [2.05, 4.69) is 29.7 Å². The monoisotopic (exact) mass is 702 g/mol. The van der Waals surface area contributed by atoms with Gasteiger partial charge in [-0.2, -0.15) is 0 Å². The van der Waals surface area contributed by atoms with Gasteiger partial charge in [-0.25, -0.2) is 4.79 Å². The van der Waals surface area contributed by atoms with Crippen LogP contribution in [0.25, 0.3) is 11.1 Å². The van der Waals surface area contributed by atoms with Crippen molar-refractivity contribution in [3.05, 3.63) is 114 Å². The number of hydrogen-bond acceptors (Lipinski definition) is 7. The first-order valence-corrected chi connectivity index (χ1v) is 17.8. The predicted octanol–water partition coefficient (Wildman–Crippen LogP) is 7.91. The lowest BCUT2D eigenvalue weighted by molar-refractivity contribution is -0.155. The minimum absolute atomic E-state index is 0.00818. The first-order chi connectivity index (χ1) is 24.9. The second-order valence-electron chi connectivity index (χ2n) is 14.3. The Morgan fingerprint density at radius 1 is 0.788 bits per heavy atom. The third-order valence-electron chi connectivity index (χ3n) is 9.34. The van der Waals surface area contributed by atoms with E-state index < -0.39 is 36.7 Å². The number of rotatable bonds is 10. The van der Waals surface area contributed by atoms with Gasteiger partial charge in [-0.1, -0.05) is 73.7 Å². The van der Waals surface area contributed by atoms with Crippen molar-refractivity contribution in [3.63, 3.8) is 0 Å². The second-order valence-corrected chi connectivity index (χ2v) is 14.3. The number of fused-ring (bicyclic) bond motifs is 4. The molecule has 2 N–H and O–H groups in total. The molecule has 2 atom stereocenters. The Hall–Kier alpha value is -5.64. The van der Waals surface area contributed by atoms with Gasteiger partial charge in [-0.3, -0.25) is 19.3 Å². The highest BCUT2D eigenvalue weighted by molar-refractivity contribution is 5.96. The molecular weight excluding hydrogens is 656 g/mol. The van der Waals surface area contributed by atoms with Gasteiger partial charge in [0.1, 0.15) is 25.3 Å². The number of carbonyl (C=O) groups is 4. The molecule has 0 unspecified atom stereocenters. The zero-order valence-corrected chi connectivity index (χ0v) is 30.3. The van der Waals surface area contributed by atoms with Crippen LogP contribution >= 0.6 is 0 Å². The summed E-state index contributed by atoms with van der Waals surface area (Å²) in [6.45, 7) is 8.33. The molecule has 270 valence electrons. The predicted molar refractivity (Wildman–Crippen MR) is 202 cm³/mol. The lowest BCUT2D eigenvalue weighted by Crippen LogP contribution is -2.44. The molecule has 10 heteroatoms. The zero-order valence-electron chi connectivity index (χ0n) is 30.3. The summed E-state index contributed by atoms with van der Waals surface area (Å²) in [5.41, 5.74) is 6.88.